The third-order valence-electron chi connectivity index (χ3n) is 2.57. The summed E-state index contributed by atoms with van der Waals surface area (Å²) < 4.78 is 0. The fourth-order valence-corrected chi connectivity index (χ4v) is 1.10. The molecule has 0 fully saturated rings. The van der Waals surface area contributed by atoms with E-state index in [0.717, 1.165) is 6.54 Å². The fraction of sp³-hybridized carbons (Fsp3) is 1.00. The van der Waals surface area contributed by atoms with Crippen LogP contribution in [0.15, 0.2) is 0 Å². The van der Waals surface area contributed by atoms with Crippen LogP contribution in [0.3, 0.4) is 0 Å². The van der Waals surface area contributed by atoms with Crippen molar-refractivity contribution in [1.29, 1.82) is 0 Å². The molecule has 0 radical (unpaired) electrons. The van der Waals surface area contributed by atoms with E-state index in [2.05, 4.69) is 45.1 Å². The smallest absolute Gasteiger partial charge is 0.0186 e. The molecule has 2 heteroatoms. The molecule has 0 spiro atoms. The molecule has 1 N–H and O–H groups in total. The van der Waals surface area contributed by atoms with E-state index < -0.39 is 0 Å². The predicted octanol–water partition coefficient (Wildman–Crippen LogP) is 1.71. The normalized spacial score (nSPS) is 14.2. The van der Waals surface area contributed by atoms with Gasteiger partial charge in [0, 0.05) is 18.6 Å². The van der Waals surface area contributed by atoms with Gasteiger partial charge in [0.2, 0.25) is 0 Å². The summed E-state index contributed by atoms with van der Waals surface area (Å²) >= 11 is 0. The quantitative estimate of drug-likeness (QED) is 0.656. The molecule has 1 atom stereocenters. The van der Waals surface area contributed by atoms with E-state index in [1.54, 1.807) is 0 Å². The van der Waals surface area contributed by atoms with Crippen LogP contribution in [0.5, 0.6) is 0 Å². The highest BCUT2D eigenvalue weighted by molar-refractivity contribution is 4.68. The molecule has 0 aromatic heterocycles. The van der Waals surface area contributed by atoms with E-state index in [0.29, 0.717) is 12.1 Å². The van der Waals surface area contributed by atoms with Gasteiger partial charge in [0.05, 0.1) is 0 Å². The van der Waals surface area contributed by atoms with Crippen molar-refractivity contribution in [1.82, 2.24) is 10.2 Å². The second-order valence-corrected chi connectivity index (χ2v) is 3.73. The monoisotopic (exact) mass is 172 g/mol. The van der Waals surface area contributed by atoms with Crippen LogP contribution in [-0.4, -0.2) is 37.6 Å². The van der Waals surface area contributed by atoms with E-state index in [1.165, 1.54) is 12.8 Å². The van der Waals surface area contributed by atoms with E-state index in [1.807, 2.05) is 0 Å². The molecule has 0 aliphatic carbocycles. The zero-order chi connectivity index (χ0) is 9.56. The van der Waals surface area contributed by atoms with Gasteiger partial charge in [-0.2, -0.15) is 0 Å². The lowest BCUT2D eigenvalue weighted by Gasteiger charge is -2.23. The summed E-state index contributed by atoms with van der Waals surface area (Å²) in [5, 5.41) is 3.56. The summed E-state index contributed by atoms with van der Waals surface area (Å²) in [4.78, 5) is 2.25. The fourth-order valence-electron chi connectivity index (χ4n) is 1.10. The molecule has 0 aliphatic heterocycles. The highest BCUT2D eigenvalue weighted by Crippen LogP contribution is 1.97. The molecule has 0 aromatic rings. The van der Waals surface area contributed by atoms with Gasteiger partial charge in [-0.3, -0.25) is 0 Å². The molecule has 0 amide bonds. The summed E-state index contributed by atoms with van der Waals surface area (Å²) in [6.07, 6.45) is 2.47. The summed E-state index contributed by atoms with van der Waals surface area (Å²) in [6, 6.07) is 1.33. The van der Waals surface area contributed by atoms with Crippen LogP contribution < -0.4 is 5.32 Å². The van der Waals surface area contributed by atoms with E-state index >= 15 is 0 Å². The molecule has 2 nitrogen and oxygen atoms in total. The van der Waals surface area contributed by atoms with E-state index in [9.17, 15) is 0 Å². The molecule has 0 saturated heterocycles. The van der Waals surface area contributed by atoms with Crippen LogP contribution in [0.1, 0.15) is 33.6 Å². The number of hydrogen-bond acceptors (Lipinski definition) is 2. The summed E-state index contributed by atoms with van der Waals surface area (Å²) in [6.45, 7) is 7.82. The molecule has 0 heterocycles. The second kappa shape index (κ2) is 6.44. The number of nitrogens with zero attached hydrogens (tertiary/aromatic N) is 1. The first-order valence-electron chi connectivity index (χ1n) is 5.01. The van der Waals surface area contributed by atoms with Gasteiger partial charge in [-0.25, -0.2) is 0 Å². The van der Waals surface area contributed by atoms with Gasteiger partial charge < -0.3 is 10.2 Å². The molecule has 0 saturated carbocycles. The third kappa shape index (κ3) is 4.73. The summed E-state index contributed by atoms with van der Waals surface area (Å²) in [5.74, 6) is 0. The Bertz CT molecular complexity index is 96.0. The van der Waals surface area contributed by atoms with Crippen molar-refractivity contribution in [3.05, 3.63) is 0 Å². The highest BCUT2D eigenvalue weighted by atomic mass is 15.1. The van der Waals surface area contributed by atoms with Crippen LogP contribution in [0.2, 0.25) is 0 Å². The SMILES string of the molecule is CCC(CC)NCC(C)N(C)C. The maximum atomic E-state index is 3.56. The minimum Gasteiger partial charge on any atom is -0.312 e. The van der Waals surface area contributed by atoms with E-state index in [4.69, 9.17) is 0 Å². The molecule has 0 rings (SSSR count). The van der Waals surface area contributed by atoms with E-state index in [-0.39, 0.29) is 0 Å². The van der Waals surface area contributed by atoms with Gasteiger partial charge in [-0.05, 0) is 33.9 Å². The van der Waals surface area contributed by atoms with Gasteiger partial charge in [0.25, 0.3) is 0 Å². The van der Waals surface area contributed by atoms with Gasteiger partial charge >= 0.3 is 0 Å². The lowest BCUT2D eigenvalue weighted by Crippen LogP contribution is -2.39. The summed E-state index contributed by atoms with van der Waals surface area (Å²) in [5.41, 5.74) is 0. The Labute approximate surface area is 77.3 Å². The first-order chi connectivity index (χ1) is 5.61. The average molecular weight is 172 g/mol. The zero-order valence-corrected chi connectivity index (χ0v) is 9.22. The van der Waals surface area contributed by atoms with Crippen molar-refractivity contribution in [2.24, 2.45) is 0 Å². The molecule has 0 aliphatic rings. The molecular weight excluding hydrogens is 148 g/mol. The van der Waals surface area contributed by atoms with Crippen LogP contribution >= 0.6 is 0 Å². The number of nitrogens with one attached hydrogen (secondary N) is 1. The predicted molar refractivity (Wildman–Crippen MR) is 55.5 cm³/mol. The highest BCUT2D eigenvalue weighted by Gasteiger charge is 2.06. The lowest BCUT2D eigenvalue weighted by atomic mass is 10.1. The largest absolute Gasteiger partial charge is 0.312 e. The maximum Gasteiger partial charge on any atom is 0.0186 e. The number of rotatable bonds is 6. The number of likely N-dealkylation sites (N-methyl/N-ethyl adjacent to an activating group) is 1. The Balaban J connectivity index is 3.51. The Morgan fingerprint density at radius 1 is 1.17 bits per heavy atom. The van der Waals surface area contributed by atoms with Gasteiger partial charge in [0.1, 0.15) is 0 Å². The Morgan fingerprint density at radius 3 is 2.00 bits per heavy atom. The number of hydrogen-bond donors (Lipinski definition) is 1. The molecule has 0 bridgehead atoms. The first kappa shape index (κ1) is 11.9. The van der Waals surface area contributed by atoms with Crippen molar-refractivity contribution in [2.75, 3.05) is 20.6 Å². The maximum absolute atomic E-state index is 3.56. The Morgan fingerprint density at radius 2 is 1.67 bits per heavy atom. The first-order valence-corrected chi connectivity index (χ1v) is 5.01. The molecular formula is C10H24N2. The van der Waals surface area contributed by atoms with Crippen LogP contribution in [-0.2, 0) is 0 Å². The van der Waals surface area contributed by atoms with Crippen molar-refractivity contribution >= 4 is 0 Å². The topological polar surface area (TPSA) is 15.3 Å². The third-order valence-corrected chi connectivity index (χ3v) is 2.57. The molecule has 74 valence electrons. The molecule has 12 heavy (non-hydrogen) atoms. The minimum absolute atomic E-state index is 0.630. The molecule has 0 aromatic carbocycles. The Kier molecular flexibility index (Phi) is 6.39. The standard InChI is InChI=1S/C10H24N2/c1-6-10(7-2)11-8-9(3)12(4)5/h9-11H,6-8H2,1-5H3. The molecule has 1 unspecified atom stereocenters. The van der Waals surface area contributed by atoms with Crippen molar-refractivity contribution in [3.8, 4) is 0 Å². The summed E-state index contributed by atoms with van der Waals surface area (Å²) in [7, 11) is 4.25. The lowest BCUT2D eigenvalue weighted by molar-refractivity contribution is 0.290. The van der Waals surface area contributed by atoms with Gasteiger partial charge in [-0.15, -0.1) is 0 Å². The average Bonchev–Trinajstić information content (AvgIpc) is 2.05. The minimum atomic E-state index is 0.630. The van der Waals surface area contributed by atoms with Gasteiger partial charge in [-0.1, -0.05) is 13.8 Å². The van der Waals surface area contributed by atoms with Crippen LogP contribution in [0, 0.1) is 0 Å². The Hall–Kier alpha value is -0.0800. The van der Waals surface area contributed by atoms with Crippen molar-refractivity contribution in [2.45, 2.75) is 45.7 Å². The van der Waals surface area contributed by atoms with Crippen LogP contribution in [0.25, 0.3) is 0 Å². The second-order valence-electron chi connectivity index (χ2n) is 3.73. The van der Waals surface area contributed by atoms with Crippen molar-refractivity contribution in [3.63, 3.8) is 0 Å². The zero-order valence-electron chi connectivity index (χ0n) is 9.22. The van der Waals surface area contributed by atoms with Gasteiger partial charge in [0.15, 0.2) is 0 Å². The van der Waals surface area contributed by atoms with Crippen molar-refractivity contribution < 1.29 is 0 Å². The van der Waals surface area contributed by atoms with Crippen LogP contribution in [0.4, 0.5) is 0 Å².